The zero-order valence-corrected chi connectivity index (χ0v) is 39.0. The van der Waals surface area contributed by atoms with Crippen molar-refractivity contribution in [2.24, 2.45) is 10.2 Å². The molecule has 8 nitrogen and oxygen atoms in total. The van der Waals surface area contributed by atoms with Gasteiger partial charge in [-0.3, -0.25) is 9.54 Å². The van der Waals surface area contributed by atoms with E-state index < -0.39 is 18.5 Å². The topological polar surface area (TPSA) is 93.2 Å². The van der Waals surface area contributed by atoms with Crippen molar-refractivity contribution in [1.29, 1.82) is 0 Å². The lowest BCUT2D eigenvalue weighted by atomic mass is 9.85. The third kappa shape index (κ3) is 10.8. The number of fused-ring (bicyclic) bond motifs is 1. The number of carbonyl (C=O) groups is 1. The Morgan fingerprint density at radius 2 is 1.03 bits per heavy atom. The lowest BCUT2D eigenvalue weighted by Crippen LogP contribution is -2.57. The number of nitrogens with zero attached hydrogens (tertiary/aromatic N) is 1. The van der Waals surface area contributed by atoms with E-state index in [2.05, 4.69) is 94.8 Å². The number of hydrogen-bond donors (Lipinski definition) is 3. The van der Waals surface area contributed by atoms with Crippen LogP contribution in [0.5, 0.6) is 17.2 Å². The highest BCUT2D eigenvalue weighted by Crippen LogP contribution is 2.47. The molecule has 0 aliphatic rings. The van der Waals surface area contributed by atoms with Crippen molar-refractivity contribution in [2.75, 3.05) is 27.9 Å². The Morgan fingerprint density at radius 1 is 0.578 bits per heavy atom. The van der Waals surface area contributed by atoms with Crippen molar-refractivity contribution in [2.45, 2.75) is 45.3 Å². The quantitative estimate of drug-likeness (QED) is 0.0658. The molecule has 0 saturated carbocycles. The average Bonchev–Trinajstić information content (AvgIpc) is 3.33. The van der Waals surface area contributed by atoms with E-state index in [1.165, 1.54) is 5.39 Å². The van der Waals surface area contributed by atoms with Crippen molar-refractivity contribution in [3.05, 3.63) is 193 Å². The smallest absolute Gasteiger partial charge is 0.243 e. The number of methoxy groups -OCH3 is 3. The van der Waals surface area contributed by atoms with Crippen molar-refractivity contribution in [3.63, 3.8) is 0 Å². The van der Waals surface area contributed by atoms with E-state index in [0.717, 1.165) is 55.2 Å². The van der Waals surface area contributed by atoms with Crippen LogP contribution in [0.4, 0.5) is 0 Å². The molecule has 0 bridgehead atoms. The van der Waals surface area contributed by atoms with Crippen LogP contribution in [0, 0.1) is 5.41 Å². The summed E-state index contributed by atoms with van der Waals surface area (Å²) in [7, 11) is 2.28. The molecule has 0 aliphatic carbocycles. The second kappa shape index (κ2) is 20.8. The minimum absolute atomic E-state index is 0.159. The number of carbonyl (C=O) groups excluding carboxylic acids is 1. The van der Waals surface area contributed by atoms with Crippen LogP contribution in [-0.2, 0) is 11.2 Å². The molecule has 10 heteroatoms. The first-order valence-electron chi connectivity index (χ1n) is 21.5. The molecule has 0 heterocycles. The summed E-state index contributed by atoms with van der Waals surface area (Å²) in [6.07, 6.45) is 0.612. The number of thiocarbonyl (C=S) groups is 1. The minimum atomic E-state index is -2.74. The van der Waals surface area contributed by atoms with Gasteiger partial charge in [0.05, 0.1) is 47.0 Å². The molecule has 0 fully saturated rings. The number of nitrogens with one attached hydrogen (secondary N) is 3. The molecule has 1 amide bonds. The fourth-order valence-electron chi connectivity index (χ4n) is 8.03. The van der Waals surface area contributed by atoms with Gasteiger partial charge >= 0.3 is 0 Å². The lowest BCUT2D eigenvalue weighted by molar-refractivity contribution is -0.125. The normalized spacial score (nSPS) is 12.5. The van der Waals surface area contributed by atoms with Crippen LogP contribution < -0.4 is 46.1 Å². The summed E-state index contributed by atoms with van der Waals surface area (Å²) in [5.74, 6) is 2.12. The van der Waals surface area contributed by atoms with E-state index in [-0.39, 0.29) is 18.0 Å². The molecule has 7 rings (SSSR count). The summed E-state index contributed by atoms with van der Waals surface area (Å²) in [5, 5.41) is 16.4. The molecule has 0 unspecified atom stereocenters. The summed E-state index contributed by atoms with van der Waals surface area (Å²) < 4.78 is 22.7. The first-order valence-corrected chi connectivity index (χ1v) is 23.6. The van der Waals surface area contributed by atoms with Gasteiger partial charge in [-0.2, -0.15) is 0 Å². The molecule has 328 valence electrons. The molecule has 7 aromatic rings. The maximum Gasteiger partial charge on any atom is 0.243 e. The van der Waals surface area contributed by atoms with Crippen molar-refractivity contribution < 1.29 is 19.0 Å². The van der Waals surface area contributed by atoms with Gasteiger partial charge in [0.1, 0.15) is 23.3 Å². The summed E-state index contributed by atoms with van der Waals surface area (Å²) >= 11 is 6.18. The molecule has 0 radical (unpaired) electrons. The van der Waals surface area contributed by atoms with Gasteiger partial charge in [-0.15, -0.1) is 0 Å². The van der Waals surface area contributed by atoms with E-state index in [1.54, 1.807) is 21.3 Å². The van der Waals surface area contributed by atoms with Gasteiger partial charge in [0.15, 0.2) is 5.11 Å². The minimum Gasteiger partial charge on any atom is -0.497 e. The van der Waals surface area contributed by atoms with E-state index in [1.807, 2.05) is 118 Å². The van der Waals surface area contributed by atoms with Gasteiger partial charge in [0.25, 0.3) is 0 Å². The van der Waals surface area contributed by atoms with E-state index >= 15 is 0 Å². The zero-order valence-electron chi connectivity index (χ0n) is 37.3. The maximum absolute atomic E-state index is 14.5. The predicted octanol–water partition coefficient (Wildman–Crippen LogP) is 9.74. The highest BCUT2D eigenvalue weighted by Gasteiger charge is 2.34. The summed E-state index contributed by atoms with van der Waals surface area (Å²) in [6, 6.07) is 58.4. The molecule has 3 N–H and O–H groups in total. The van der Waals surface area contributed by atoms with E-state index in [9.17, 15) is 4.79 Å². The second-order valence-electron chi connectivity index (χ2n) is 16.8. The Balaban J connectivity index is 1.29. The number of ether oxygens (including phenoxy) is 3. The van der Waals surface area contributed by atoms with Crippen LogP contribution >= 0.6 is 19.3 Å². The third-order valence-electron chi connectivity index (χ3n) is 11.4. The molecule has 0 aromatic heterocycles. The average molecular weight is 889 g/mol. The van der Waals surface area contributed by atoms with Crippen LogP contribution in [-0.4, -0.2) is 51.0 Å². The highest BCUT2D eigenvalue weighted by atomic mass is 32.1. The van der Waals surface area contributed by atoms with Gasteiger partial charge in [0, 0.05) is 15.9 Å². The van der Waals surface area contributed by atoms with Gasteiger partial charge in [-0.1, -0.05) is 124 Å². The second-order valence-corrected chi connectivity index (χ2v) is 20.3. The van der Waals surface area contributed by atoms with Crippen LogP contribution in [0.2, 0.25) is 0 Å². The third-order valence-corrected chi connectivity index (χ3v) is 15.4. The summed E-state index contributed by atoms with van der Waals surface area (Å²) in [4.78, 5) is 14.5. The van der Waals surface area contributed by atoms with E-state index in [0.29, 0.717) is 18.1 Å². The lowest BCUT2D eigenvalue weighted by Gasteiger charge is -2.34. The number of rotatable bonds is 16. The number of amides is 1. The van der Waals surface area contributed by atoms with Gasteiger partial charge in [-0.25, -0.2) is 0 Å². The zero-order chi connectivity index (χ0) is 45.1. The molecule has 64 heavy (non-hydrogen) atoms. The fourth-order valence-corrected chi connectivity index (χ4v) is 11.9. The maximum atomic E-state index is 14.5. The van der Waals surface area contributed by atoms with Crippen LogP contribution in [0.1, 0.15) is 43.5 Å². The highest BCUT2D eigenvalue weighted by molar-refractivity contribution is 7.87. The largest absolute Gasteiger partial charge is 0.497 e. The van der Waals surface area contributed by atoms with Crippen molar-refractivity contribution in [1.82, 2.24) is 16.0 Å². The first-order chi connectivity index (χ1) is 31.0. The molecule has 0 saturated heterocycles. The molecular formula is C54H57N4O4PS. The van der Waals surface area contributed by atoms with Crippen LogP contribution in [0.3, 0.4) is 0 Å². The SMILES string of the molecule is COc1ccc(P(=NC[C@@H](Cc2ccc3ccccc3c2)NC(=S)N[C@@H](C(=O)NC(c2ccccc2)c2ccccc2)C(C)(C)C)(c2ccc(OC)cc2)c2ccc(OC)cc2)cc1. The Hall–Kier alpha value is -6.41. The Morgan fingerprint density at radius 3 is 1.48 bits per heavy atom. The summed E-state index contributed by atoms with van der Waals surface area (Å²) in [6.45, 7) is 6.52. The monoisotopic (exact) mass is 888 g/mol. The molecule has 0 spiro atoms. The Labute approximate surface area is 383 Å². The van der Waals surface area contributed by atoms with Crippen LogP contribution in [0.25, 0.3) is 10.8 Å². The number of hydrogen-bond acceptors (Lipinski definition) is 6. The molecule has 0 aliphatic heterocycles. The molecule has 2 atom stereocenters. The Kier molecular flexibility index (Phi) is 14.9. The number of benzene rings is 7. The summed E-state index contributed by atoms with van der Waals surface area (Å²) in [5.41, 5.74) is 2.61. The van der Waals surface area contributed by atoms with Gasteiger partial charge in [0.2, 0.25) is 5.91 Å². The van der Waals surface area contributed by atoms with Crippen LogP contribution in [0.15, 0.2) is 181 Å². The van der Waals surface area contributed by atoms with Crippen molar-refractivity contribution in [3.8, 4) is 17.2 Å². The van der Waals surface area contributed by atoms with Crippen molar-refractivity contribution >= 4 is 57.0 Å². The predicted molar refractivity (Wildman–Crippen MR) is 269 cm³/mol. The molecular weight excluding hydrogens is 832 g/mol. The fraction of sp³-hybridized carbons (Fsp3) is 0.222. The Bertz CT molecular complexity index is 2530. The molecule has 7 aromatic carbocycles. The first kappa shape index (κ1) is 45.6. The van der Waals surface area contributed by atoms with E-state index in [4.69, 9.17) is 31.2 Å². The van der Waals surface area contributed by atoms with Gasteiger partial charge < -0.3 is 30.2 Å². The standard InChI is InChI=1S/C54H57N4O4PS/c1-54(2,3)51(52(59)57-50(40-16-9-7-10-17-40)41-18-11-8-12-19-41)58-53(64)56-43(36-38-21-22-39-15-13-14-20-42(39)35-38)37-55-63(47-29-23-44(60-4)24-30-47,48-31-25-45(61-5)26-32-48)49-33-27-46(62-6)28-34-49/h7-35,43,50-51H,36-37H2,1-6H3,(H,57,59)(H2,56,58,64)/t43-,51+/m1/s1. The van der Waals surface area contributed by atoms with Gasteiger partial charge in [-0.05, 0) is 124 Å².